The number of benzene rings is 2. The van der Waals surface area contributed by atoms with Gasteiger partial charge in [0.25, 0.3) is 0 Å². The molecular weight excluding hydrogens is 403 g/mol. The minimum Gasteiger partial charge on any atom is -0.508 e. The first kappa shape index (κ1) is 23.8. The Morgan fingerprint density at radius 2 is 1.24 bits per heavy atom. The molecule has 2 rings (SSSR count). The number of phenols is 2. The molecule has 156 valence electrons. The van der Waals surface area contributed by atoms with Crippen molar-refractivity contribution in [2.45, 2.75) is 24.9 Å². The number of phenolic OH excluding ortho intramolecular Hbond substituents is 2. The zero-order valence-corrected chi connectivity index (χ0v) is 16.0. The van der Waals surface area contributed by atoms with Gasteiger partial charge in [-0.15, -0.1) is 0 Å². The zero-order valence-electron chi connectivity index (χ0n) is 15.1. The van der Waals surface area contributed by atoms with Crippen molar-refractivity contribution in [2.75, 3.05) is 0 Å². The lowest BCUT2D eigenvalue weighted by molar-refractivity contribution is -0.139. The van der Waals surface area contributed by atoms with Gasteiger partial charge >= 0.3 is 19.8 Å². The van der Waals surface area contributed by atoms with Crippen molar-refractivity contribution >= 4 is 19.8 Å². The molecule has 0 saturated heterocycles. The molecule has 0 bridgehead atoms. The van der Waals surface area contributed by atoms with E-state index in [4.69, 9.17) is 26.2 Å². The van der Waals surface area contributed by atoms with Gasteiger partial charge in [0.1, 0.15) is 23.6 Å². The van der Waals surface area contributed by atoms with Crippen molar-refractivity contribution in [3.63, 3.8) is 0 Å². The highest BCUT2D eigenvalue weighted by Gasteiger charge is 2.19. The second kappa shape index (κ2) is 11.6. The van der Waals surface area contributed by atoms with E-state index in [1.165, 1.54) is 36.4 Å². The van der Waals surface area contributed by atoms with Gasteiger partial charge in [0, 0.05) is 0 Å². The summed E-state index contributed by atoms with van der Waals surface area (Å²) in [6, 6.07) is 10.1. The monoisotopic (exact) mass is 424 g/mol. The van der Waals surface area contributed by atoms with E-state index in [0.29, 0.717) is 5.56 Å². The fraction of sp³-hybridized carbons (Fsp3) is 0.222. The molecule has 0 amide bonds. The lowest BCUT2D eigenvalue weighted by Crippen LogP contribution is -2.33. The van der Waals surface area contributed by atoms with Gasteiger partial charge in [-0.05, 0) is 48.2 Å². The molecule has 0 aliphatic carbocycles. The number of carbonyl (C=O) groups is 2. The van der Waals surface area contributed by atoms with Crippen LogP contribution < -0.4 is 10.8 Å². The third kappa shape index (κ3) is 9.52. The summed E-state index contributed by atoms with van der Waals surface area (Å²) in [4.78, 5) is 21.1. The van der Waals surface area contributed by atoms with Crippen LogP contribution in [0.4, 0.5) is 0 Å². The van der Waals surface area contributed by atoms with E-state index < -0.39 is 31.9 Å². The highest BCUT2D eigenvalue weighted by molar-refractivity contribution is 7.28. The summed E-state index contributed by atoms with van der Waals surface area (Å²) >= 11 is 0. The molecule has 2 atom stereocenters. The lowest BCUT2D eigenvalue weighted by Gasteiger charge is -2.09. The summed E-state index contributed by atoms with van der Waals surface area (Å²) < 4.78 is 20.8. The number of carboxylic acid groups (broad SMARTS) is 2. The van der Waals surface area contributed by atoms with Crippen LogP contribution in [0.5, 0.6) is 11.5 Å². The van der Waals surface area contributed by atoms with E-state index >= 15 is 0 Å². The Kier molecular flexibility index (Phi) is 9.54. The predicted molar refractivity (Wildman–Crippen MR) is 102 cm³/mol. The van der Waals surface area contributed by atoms with Crippen LogP contribution in [-0.2, 0) is 31.6 Å². The topological polar surface area (TPSA) is 187 Å². The lowest BCUT2D eigenvalue weighted by atomic mass is 10.1. The quantitative estimate of drug-likeness (QED) is 0.338. The largest absolute Gasteiger partial charge is 0.508 e. The Labute approximate surface area is 166 Å². The predicted octanol–water partition coefficient (Wildman–Crippen LogP) is 1.41. The van der Waals surface area contributed by atoms with E-state index in [0.717, 1.165) is 5.56 Å². The van der Waals surface area contributed by atoms with Gasteiger partial charge in [0.2, 0.25) is 0 Å². The number of carboxylic acids is 2. The molecule has 11 heteroatoms. The maximum atomic E-state index is 10.7. The van der Waals surface area contributed by atoms with Crippen molar-refractivity contribution in [1.29, 1.82) is 0 Å². The Morgan fingerprint density at radius 3 is 1.59 bits per heavy atom. The van der Waals surface area contributed by atoms with Crippen molar-refractivity contribution in [3.8, 4) is 11.5 Å². The van der Waals surface area contributed by atoms with Gasteiger partial charge in [-0.1, -0.05) is 24.3 Å². The first-order valence-electron chi connectivity index (χ1n) is 8.26. The van der Waals surface area contributed by atoms with Crippen LogP contribution in [0, 0.1) is 0 Å². The Hall–Kier alpha value is -3.20. The number of nitrogens with two attached hydrogens (primary N) is 1. The van der Waals surface area contributed by atoms with Crippen molar-refractivity contribution < 1.29 is 39.1 Å². The average Bonchev–Trinajstić information content (AvgIpc) is 2.65. The molecule has 0 saturated carbocycles. The van der Waals surface area contributed by atoms with Crippen molar-refractivity contribution in [1.82, 2.24) is 5.09 Å². The van der Waals surface area contributed by atoms with Crippen LogP contribution in [0.3, 0.4) is 0 Å². The molecule has 0 aromatic heterocycles. The number of hydrogen-bond acceptors (Lipinski definition) is 7. The summed E-state index contributed by atoms with van der Waals surface area (Å²) in [6.45, 7) is 0. The molecule has 0 radical (unpaired) electrons. The van der Waals surface area contributed by atoms with Gasteiger partial charge in [-0.2, -0.15) is 5.09 Å². The summed E-state index contributed by atoms with van der Waals surface area (Å²) in [7, 11) is -2.95. The molecule has 7 N–H and O–H groups in total. The third-order valence-electron chi connectivity index (χ3n) is 3.64. The fourth-order valence-corrected chi connectivity index (χ4v) is 2.61. The number of hydrogen-bond donors (Lipinski definition) is 6. The van der Waals surface area contributed by atoms with E-state index in [1.807, 2.05) is 5.09 Å². The Bertz CT molecular complexity index is 874. The van der Waals surface area contributed by atoms with Gasteiger partial charge < -0.3 is 26.2 Å². The second-order valence-corrected chi connectivity index (χ2v) is 6.74. The summed E-state index contributed by atoms with van der Waals surface area (Å²) in [5.74, 6) is -2.04. The van der Waals surface area contributed by atoms with Crippen LogP contribution in [0.1, 0.15) is 11.1 Å². The highest BCUT2D eigenvalue weighted by Crippen LogP contribution is 2.13. The van der Waals surface area contributed by atoms with Crippen molar-refractivity contribution in [2.24, 2.45) is 5.73 Å². The maximum absolute atomic E-state index is 10.7. The summed E-state index contributed by atoms with van der Waals surface area (Å²) in [5, 5.41) is 37.2. The van der Waals surface area contributed by atoms with Crippen LogP contribution in [0.25, 0.3) is 0 Å². The van der Waals surface area contributed by atoms with E-state index in [-0.39, 0.29) is 24.3 Å². The first-order valence-corrected chi connectivity index (χ1v) is 9.43. The zero-order chi connectivity index (χ0) is 22.0. The van der Waals surface area contributed by atoms with E-state index in [2.05, 4.69) is 0 Å². The molecule has 0 aliphatic heterocycles. The van der Waals surface area contributed by atoms with Crippen LogP contribution >= 0.6 is 7.83 Å². The number of rotatable bonds is 8. The number of aromatic hydroxyl groups is 2. The third-order valence-corrected chi connectivity index (χ3v) is 4.17. The molecule has 0 spiro atoms. The van der Waals surface area contributed by atoms with Gasteiger partial charge in [0.05, 0.1) is 0 Å². The first-order chi connectivity index (χ1) is 13.6. The molecule has 2 aromatic carbocycles. The fourth-order valence-electron chi connectivity index (χ4n) is 2.16. The minimum absolute atomic E-state index is 0.0267. The summed E-state index contributed by atoms with van der Waals surface area (Å²) in [5.41, 5.74) is 6.74. The van der Waals surface area contributed by atoms with Gasteiger partial charge in [0.15, 0.2) is 0 Å². The number of aliphatic carboxylic acids is 2. The van der Waals surface area contributed by atoms with E-state index in [9.17, 15) is 18.7 Å². The molecule has 2 unspecified atom stereocenters. The normalized spacial score (nSPS) is 12.2. The maximum Gasteiger partial charge on any atom is 0.396 e. The number of nitrogens with one attached hydrogen (secondary N) is 1. The van der Waals surface area contributed by atoms with Crippen molar-refractivity contribution in [3.05, 3.63) is 59.7 Å². The molecule has 10 nitrogen and oxygen atoms in total. The molecule has 0 fully saturated rings. The SMILES string of the molecule is NC(Cc1ccc(O)cc1)C(=O)O.O=C(O)C(Cc1ccc(O)cc1)NP(=O)=O. The highest BCUT2D eigenvalue weighted by atomic mass is 31.1. The summed E-state index contributed by atoms with van der Waals surface area (Å²) in [6.07, 6.45) is 0.300. The molecular formula is C18H21N2O8P. The van der Waals surface area contributed by atoms with Crippen LogP contribution in [0.2, 0.25) is 0 Å². The molecule has 29 heavy (non-hydrogen) atoms. The minimum atomic E-state index is -2.95. The Balaban J connectivity index is 0.000000296. The van der Waals surface area contributed by atoms with Gasteiger partial charge in [-0.25, -0.2) is 9.13 Å². The Morgan fingerprint density at radius 1 is 0.828 bits per heavy atom. The van der Waals surface area contributed by atoms with Gasteiger partial charge in [-0.3, -0.25) is 9.59 Å². The van der Waals surface area contributed by atoms with Crippen LogP contribution in [-0.4, -0.2) is 44.4 Å². The average molecular weight is 424 g/mol. The smallest absolute Gasteiger partial charge is 0.396 e. The molecule has 0 aliphatic rings. The molecule has 2 aromatic rings. The van der Waals surface area contributed by atoms with E-state index in [1.54, 1.807) is 12.1 Å². The standard InChI is InChI=1S/C9H10NO5P.C9H11NO3/c11-7-3-1-6(2-4-7)5-8(9(12)13)10-16(14)15;10-8(9(12)13)5-6-1-3-7(11)4-2-6/h1-4,8,11H,5H2,(H,12,13)(H,10,14,15);1-4,8,11H,5,10H2,(H,12,13). The van der Waals surface area contributed by atoms with Crippen LogP contribution in [0.15, 0.2) is 48.5 Å². The molecule has 0 heterocycles. The second-order valence-electron chi connectivity index (χ2n) is 5.96.